The Morgan fingerprint density at radius 3 is 1.96 bits per heavy atom. The van der Waals surface area contributed by atoms with Crippen molar-refractivity contribution in [1.82, 2.24) is 0 Å². The van der Waals surface area contributed by atoms with Gasteiger partial charge in [0.15, 0.2) is 0 Å². The van der Waals surface area contributed by atoms with Crippen molar-refractivity contribution in [1.29, 1.82) is 0 Å². The van der Waals surface area contributed by atoms with Crippen molar-refractivity contribution in [2.75, 3.05) is 9.34 Å². The van der Waals surface area contributed by atoms with E-state index in [1.54, 1.807) is 0 Å². The molecule has 2 aliphatic rings. The van der Waals surface area contributed by atoms with E-state index in [0.29, 0.717) is 0 Å². The molecule has 0 saturated heterocycles. The summed E-state index contributed by atoms with van der Waals surface area (Å²) in [6.07, 6.45) is 10.7. The van der Waals surface area contributed by atoms with Crippen molar-refractivity contribution in [3.8, 4) is 11.1 Å². The molecular formula is C42H33N2P. The van der Waals surface area contributed by atoms with E-state index in [1.165, 1.54) is 66.3 Å². The van der Waals surface area contributed by atoms with E-state index in [9.17, 15) is 0 Å². The van der Waals surface area contributed by atoms with Crippen LogP contribution in [0.2, 0.25) is 0 Å². The molecular weight excluding hydrogens is 563 g/mol. The molecule has 3 heteroatoms. The maximum atomic E-state index is 4.50. The van der Waals surface area contributed by atoms with Crippen LogP contribution in [0.3, 0.4) is 0 Å². The summed E-state index contributed by atoms with van der Waals surface area (Å²) in [6.45, 7) is 8.50. The summed E-state index contributed by atoms with van der Waals surface area (Å²) in [5, 5.41) is 6.11. The first-order valence-corrected chi connectivity index (χ1v) is 16.7. The highest BCUT2D eigenvalue weighted by Crippen LogP contribution is 2.65. The summed E-state index contributed by atoms with van der Waals surface area (Å²) in [6, 6.07) is 46.4. The zero-order valence-corrected chi connectivity index (χ0v) is 26.0. The molecule has 0 bridgehead atoms. The minimum absolute atomic E-state index is 0.938. The van der Waals surface area contributed by atoms with Crippen LogP contribution in [-0.4, -0.2) is 0 Å². The average molecular weight is 597 g/mol. The number of benzene rings is 6. The van der Waals surface area contributed by atoms with E-state index in [2.05, 4.69) is 168 Å². The Morgan fingerprint density at radius 2 is 1.27 bits per heavy atom. The van der Waals surface area contributed by atoms with Crippen LogP contribution in [0.25, 0.3) is 40.6 Å². The lowest BCUT2D eigenvalue weighted by Gasteiger charge is -2.32. The Bertz CT molecular complexity index is 2210. The number of hydrogen-bond donors (Lipinski definition) is 0. The van der Waals surface area contributed by atoms with Crippen molar-refractivity contribution in [3.63, 3.8) is 0 Å². The summed E-state index contributed by atoms with van der Waals surface area (Å²) in [4.78, 5) is 0. The molecule has 1 aliphatic heterocycles. The first-order valence-electron chi connectivity index (χ1n) is 15.5. The summed E-state index contributed by atoms with van der Waals surface area (Å²) in [5.74, 6) is 0. The van der Waals surface area contributed by atoms with Gasteiger partial charge in [-0.3, -0.25) is 9.34 Å². The molecule has 0 fully saturated rings. The third-order valence-electron chi connectivity index (χ3n) is 8.88. The van der Waals surface area contributed by atoms with Crippen LogP contribution in [-0.2, 0) is 6.42 Å². The fraction of sp³-hybridized carbons (Fsp3) is 0.0476. The maximum Gasteiger partial charge on any atom is 0.138 e. The van der Waals surface area contributed by atoms with Gasteiger partial charge in [-0.15, -0.1) is 0 Å². The maximum absolute atomic E-state index is 4.50. The molecule has 1 aliphatic carbocycles. The van der Waals surface area contributed by atoms with E-state index in [4.69, 9.17) is 0 Å². The third kappa shape index (κ3) is 4.62. The van der Waals surface area contributed by atoms with Crippen molar-refractivity contribution in [2.45, 2.75) is 12.8 Å². The zero-order chi connectivity index (χ0) is 30.3. The minimum atomic E-state index is -0.938. The number of para-hydroxylation sites is 2. The second-order valence-corrected chi connectivity index (χ2v) is 13.4. The highest BCUT2D eigenvalue weighted by atomic mass is 31.1. The lowest BCUT2D eigenvalue weighted by atomic mass is 9.88. The number of nitrogens with zero attached hydrogens (tertiary/aromatic N) is 2. The first kappa shape index (κ1) is 27.4. The predicted octanol–water partition coefficient (Wildman–Crippen LogP) is 9.77. The standard InChI is InChI=1S/C42H33N2P/c1-3-15-36-30(2)37-22-13-14-23-38(37)40-28-31(24-26-39(36)40)32-25-27-41-42(29-32)44(34-18-9-5-10-19-34)45(35-20-11-6-12-21-35)43(41)33-16-7-4-8-17-33/h3-12,14-21,23-29H,1-2,13,22H2/b36-15+. The Kier molecular flexibility index (Phi) is 6.93. The summed E-state index contributed by atoms with van der Waals surface area (Å²) < 4.78 is 5.08. The third-order valence-corrected chi connectivity index (χ3v) is 11.3. The van der Waals surface area contributed by atoms with Gasteiger partial charge in [0.2, 0.25) is 0 Å². The molecule has 0 N–H and O–H groups in total. The zero-order valence-electron chi connectivity index (χ0n) is 25.1. The molecule has 0 amide bonds. The molecule has 45 heavy (non-hydrogen) atoms. The first-order chi connectivity index (χ1) is 22.2. The smallest absolute Gasteiger partial charge is 0.138 e. The minimum Gasteiger partial charge on any atom is -0.297 e. The van der Waals surface area contributed by atoms with E-state index >= 15 is 0 Å². The lowest BCUT2D eigenvalue weighted by molar-refractivity contribution is 0.978. The molecule has 6 aromatic carbocycles. The second kappa shape index (κ2) is 11.4. The number of allylic oxidation sites excluding steroid dienone is 2. The summed E-state index contributed by atoms with van der Waals surface area (Å²) in [7, 11) is -0.938. The SMILES string of the molecule is C=C/C=c1\c(=C)c2c(c3cc(-c4ccc5c(c4)N(c4ccccc4)P(c4ccccc4)N5c4ccccc4)ccc13)C=CCC2. The van der Waals surface area contributed by atoms with Gasteiger partial charge in [0.25, 0.3) is 0 Å². The molecule has 1 heterocycles. The van der Waals surface area contributed by atoms with Gasteiger partial charge in [-0.25, -0.2) is 0 Å². The molecule has 0 saturated carbocycles. The second-order valence-electron chi connectivity index (χ2n) is 11.5. The van der Waals surface area contributed by atoms with E-state index in [0.717, 1.165) is 18.1 Å². The van der Waals surface area contributed by atoms with Crippen molar-refractivity contribution in [2.24, 2.45) is 0 Å². The van der Waals surface area contributed by atoms with Crippen molar-refractivity contribution < 1.29 is 0 Å². The fourth-order valence-corrected chi connectivity index (χ4v) is 9.34. The molecule has 216 valence electrons. The average Bonchev–Trinajstić information content (AvgIpc) is 3.45. The van der Waals surface area contributed by atoms with Crippen LogP contribution >= 0.6 is 8.22 Å². The molecule has 2 nitrogen and oxygen atoms in total. The van der Waals surface area contributed by atoms with Crippen LogP contribution in [0, 0.1) is 0 Å². The van der Waals surface area contributed by atoms with Crippen LogP contribution in [0.15, 0.2) is 146 Å². The monoisotopic (exact) mass is 596 g/mol. The van der Waals surface area contributed by atoms with E-state index < -0.39 is 8.22 Å². The largest absolute Gasteiger partial charge is 0.297 e. The van der Waals surface area contributed by atoms with Crippen molar-refractivity contribution in [3.05, 3.63) is 168 Å². The van der Waals surface area contributed by atoms with Gasteiger partial charge in [-0.1, -0.05) is 122 Å². The van der Waals surface area contributed by atoms with Crippen molar-refractivity contribution >= 4 is 65.8 Å². The predicted molar refractivity (Wildman–Crippen MR) is 196 cm³/mol. The fourth-order valence-electron chi connectivity index (χ4n) is 6.82. The molecule has 8 rings (SSSR count). The number of rotatable bonds is 5. The molecule has 1 unspecified atom stereocenters. The van der Waals surface area contributed by atoms with Crippen LogP contribution < -0.4 is 25.1 Å². The number of hydrogen-bond acceptors (Lipinski definition) is 2. The molecule has 0 radical (unpaired) electrons. The Hall–Kier alpha value is -5.17. The normalized spacial score (nSPS) is 15.7. The Labute approximate surface area is 266 Å². The van der Waals surface area contributed by atoms with Crippen LogP contribution in [0.5, 0.6) is 0 Å². The number of anilines is 4. The Morgan fingerprint density at radius 1 is 0.644 bits per heavy atom. The lowest BCUT2D eigenvalue weighted by Crippen LogP contribution is -2.30. The Balaban J connectivity index is 1.36. The van der Waals surface area contributed by atoms with Gasteiger partial charge in [0.05, 0.1) is 11.4 Å². The van der Waals surface area contributed by atoms with Gasteiger partial charge in [-0.2, -0.15) is 0 Å². The highest BCUT2D eigenvalue weighted by Gasteiger charge is 2.39. The number of fused-ring (bicyclic) bond motifs is 4. The molecule has 0 aromatic heterocycles. The molecule has 6 aromatic rings. The van der Waals surface area contributed by atoms with Crippen LogP contribution in [0.4, 0.5) is 22.7 Å². The van der Waals surface area contributed by atoms with Gasteiger partial charge in [0.1, 0.15) is 8.22 Å². The summed E-state index contributed by atoms with van der Waals surface area (Å²) in [5.41, 5.74) is 9.89. The quantitative estimate of drug-likeness (QED) is 0.183. The molecule has 0 spiro atoms. The van der Waals surface area contributed by atoms with Gasteiger partial charge in [-0.05, 0) is 98.8 Å². The van der Waals surface area contributed by atoms with Gasteiger partial charge < -0.3 is 0 Å². The summed E-state index contributed by atoms with van der Waals surface area (Å²) >= 11 is 0. The molecule has 1 atom stereocenters. The van der Waals surface area contributed by atoms with Crippen LogP contribution in [0.1, 0.15) is 17.5 Å². The topological polar surface area (TPSA) is 6.48 Å². The van der Waals surface area contributed by atoms with Gasteiger partial charge >= 0.3 is 0 Å². The van der Waals surface area contributed by atoms with Gasteiger partial charge in [0, 0.05) is 16.7 Å². The highest BCUT2D eigenvalue weighted by molar-refractivity contribution is 7.70. The van der Waals surface area contributed by atoms with E-state index in [1.807, 2.05) is 6.08 Å². The van der Waals surface area contributed by atoms with E-state index in [-0.39, 0.29) is 0 Å².